The van der Waals surface area contributed by atoms with Crippen molar-refractivity contribution in [3.63, 3.8) is 0 Å². The standard InChI is InChI=1S/C14H21BrN2O2/c1-16-8-3-4-14(18)17-9-7-11-5-6-13(19-2)12(15)10-11/h5-6,10,16H,3-4,7-9H2,1-2H3,(H,17,18). The molecule has 1 rings (SSSR count). The zero-order valence-corrected chi connectivity index (χ0v) is 13.0. The van der Waals surface area contributed by atoms with Crippen LogP contribution in [0.15, 0.2) is 22.7 Å². The van der Waals surface area contributed by atoms with Crippen LogP contribution in [0, 0.1) is 0 Å². The van der Waals surface area contributed by atoms with Gasteiger partial charge in [-0.1, -0.05) is 6.07 Å². The molecule has 0 radical (unpaired) electrons. The Morgan fingerprint density at radius 1 is 1.37 bits per heavy atom. The van der Waals surface area contributed by atoms with Gasteiger partial charge in [0.15, 0.2) is 0 Å². The van der Waals surface area contributed by atoms with Crippen LogP contribution in [0.25, 0.3) is 0 Å². The van der Waals surface area contributed by atoms with Crippen molar-refractivity contribution in [1.82, 2.24) is 10.6 Å². The summed E-state index contributed by atoms with van der Waals surface area (Å²) in [6.45, 7) is 1.54. The predicted molar refractivity (Wildman–Crippen MR) is 80.6 cm³/mol. The molecular weight excluding hydrogens is 308 g/mol. The second kappa shape index (κ2) is 8.93. The Hall–Kier alpha value is -1.07. The number of carbonyl (C=O) groups is 1. The molecule has 106 valence electrons. The number of methoxy groups -OCH3 is 1. The van der Waals surface area contributed by atoms with Gasteiger partial charge in [0.2, 0.25) is 5.91 Å². The van der Waals surface area contributed by atoms with Crippen molar-refractivity contribution >= 4 is 21.8 Å². The van der Waals surface area contributed by atoms with Crippen LogP contribution >= 0.6 is 15.9 Å². The summed E-state index contributed by atoms with van der Waals surface area (Å²) in [5.74, 6) is 0.933. The minimum Gasteiger partial charge on any atom is -0.496 e. The number of benzene rings is 1. The predicted octanol–water partition coefficient (Wildman–Crippen LogP) is 2.12. The third kappa shape index (κ3) is 6.07. The number of rotatable bonds is 8. The summed E-state index contributed by atoms with van der Waals surface area (Å²) in [6, 6.07) is 5.96. The molecule has 0 spiro atoms. The third-order valence-corrected chi connectivity index (χ3v) is 3.40. The first-order chi connectivity index (χ1) is 9.17. The van der Waals surface area contributed by atoms with E-state index >= 15 is 0 Å². The van der Waals surface area contributed by atoms with E-state index in [9.17, 15) is 4.79 Å². The van der Waals surface area contributed by atoms with Crippen molar-refractivity contribution in [2.45, 2.75) is 19.3 Å². The third-order valence-electron chi connectivity index (χ3n) is 2.78. The fourth-order valence-corrected chi connectivity index (χ4v) is 2.31. The highest BCUT2D eigenvalue weighted by Gasteiger charge is 2.03. The highest BCUT2D eigenvalue weighted by Crippen LogP contribution is 2.25. The van der Waals surface area contributed by atoms with E-state index in [-0.39, 0.29) is 5.91 Å². The Balaban J connectivity index is 2.29. The zero-order chi connectivity index (χ0) is 14.1. The van der Waals surface area contributed by atoms with Gasteiger partial charge in [0.1, 0.15) is 5.75 Å². The summed E-state index contributed by atoms with van der Waals surface area (Å²) in [4.78, 5) is 11.5. The van der Waals surface area contributed by atoms with Gasteiger partial charge in [-0.15, -0.1) is 0 Å². The average Bonchev–Trinajstić information content (AvgIpc) is 2.39. The van der Waals surface area contributed by atoms with Gasteiger partial charge in [-0.05, 0) is 60.1 Å². The summed E-state index contributed by atoms with van der Waals surface area (Å²) in [7, 11) is 3.53. The summed E-state index contributed by atoms with van der Waals surface area (Å²) in [5, 5.41) is 5.95. The van der Waals surface area contributed by atoms with Gasteiger partial charge in [0.05, 0.1) is 11.6 Å². The van der Waals surface area contributed by atoms with Crippen LogP contribution < -0.4 is 15.4 Å². The van der Waals surface area contributed by atoms with Gasteiger partial charge in [-0.25, -0.2) is 0 Å². The quantitative estimate of drug-likeness (QED) is 0.719. The van der Waals surface area contributed by atoms with E-state index in [0.717, 1.165) is 29.6 Å². The number of halogens is 1. The second-order valence-electron chi connectivity index (χ2n) is 4.28. The molecule has 1 aromatic carbocycles. The van der Waals surface area contributed by atoms with Crippen molar-refractivity contribution in [1.29, 1.82) is 0 Å². The molecule has 0 unspecified atom stereocenters. The Labute approximate surface area is 123 Å². The van der Waals surface area contributed by atoms with Crippen molar-refractivity contribution in [3.05, 3.63) is 28.2 Å². The molecule has 2 N–H and O–H groups in total. The number of amides is 1. The molecule has 0 aliphatic heterocycles. The van der Waals surface area contributed by atoms with Gasteiger partial charge >= 0.3 is 0 Å². The van der Waals surface area contributed by atoms with E-state index in [0.29, 0.717) is 13.0 Å². The lowest BCUT2D eigenvalue weighted by Crippen LogP contribution is -2.26. The van der Waals surface area contributed by atoms with Crippen LogP contribution in [0.1, 0.15) is 18.4 Å². The fraction of sp³-hybridized carbons (Fsp3) is 0.500. The lowest BCUT2D eigenvalue weighted by molar-refractivity contribution is -0.121. The van der Waals surface area contributed by atoms with Crippen molar-refractivity contribution in [2.24, 2.45) is 0 Å². The maximum absolute atomic E-state index is 11.5. The summed E-state index contributed by atoms with van der Waals surface area (Å²) < 4.78 is 6.11. The summed E-state index contributed by atoms with van der Waals surface area (Å²) >= 11 is 3.45. The minimum atomic E-state index is 0.114. The maximum atomic E-state index is 11.5. The Morgan fingerprint density at radius 3 is 2.79 bits per heavy atom. The SMILES string of the molecule is CNCCCC(=O)NCCc1ccc(OC)c(Br)c1. The molecule has 19 heavy (non-hydrogen) atoms. The van der Waals surface area contributed by atoms with E-state index in [2.05, 4.69) is 26.6 Å². The van der Waals surface area contributed by atoms with Gasteiger partial charge in [-0.3, -0.25) is 4.79 Å². The van der Waals surface area contributed by atoms with Crippen molar-refractivity contribution < 1.29 is 9.53 Å². The van der Waals surface area contributed by atoms with Crippen LogP contribution in [0.3, 0.4) is 0 Å². The van der Waals surface area contributed by atoms with Crippen LogP contribution in [0.4, 0.5) is 0 Å². The molecule has 0 aliphatic rings. The minimum absolute atomic E-state index is 0.114. The lowest BCUT2D eigenvalue weighted by Gasteiger charge is -2.08. The highest BCUT2D eigenvalue weighted by molar-refractivity contribution is 9.10. The van der Waals surface area contributed by atoms with Crippen molar-refractivity contribution in [3.8, 4) is 5.75 Å². The van der Waals surface area contributed by atoms with E-state index in [1.54, 1.807) is 7.11 Å². The van der Waals surface area contributed by atoms with Gasteiger partial charge in [0, 0.05) is 13.0 Å². The number of ether oxygens (including phenoxy) is 1. The first-order valence-corrected chi connectivity index (χ1v) is 7.20. The molecule has 0 bridgehead atoms. The van der Waals surface area contributed by atoms with E-state index in [4.69, 9.17) is 4.74 Å². The largest absolute Gasteiger partial charge is 0.496 e. The Morgan fingerprint density at radius 2 is 2.16 bits per heavy atom. The molecular formula is C14H21BrN2O2. The molecule has 0 aromatic heterocycles. The van der Waals surface area contributed by atoms with Gasteiger partial charge in [0.25, 0.3) is 0 Å². The summed E-state index contributed by atoms with van der Waals surface area (Å²) in [5.41, 5.74) is 1.17. The van der Waals surface area contributed by atoms with Crippen LogP contribution in [-0.4, -0.2) is 33.2 Å². The van der Waals surface area contributed by atoms with Gasteiger partial charge < -0.3 is 15.4 Å². The highest BCUT2D eigenvalue weighted by atomic mass is 79.9. The number of nitrogens with one attached hydrogen (secondary N) is 2. The first-order valence-electron chi connectivity index (χ1n) is 6.41. The molecule has 5 heteroatoms. The zero-order valence-electron chi connectivity index (χ0n) is 11.5. The van der Waals surface area contributed by atoms with Crippen LogP contribution in [0.5, 0.6) is 5.75 Å². The molecule has 0 atom stereocenters. The van der Waals surface area contributed by atoms with Crippen LogP contribution in [-0.2, 0) is 11.2 Å². The molecule has 1 aromatic rings. The van der Waals surface area contributed by atoms with E-state index in [1.165, 1.54) is 5.56 Å². The molecule has 0 saturated carbocycles. The fourth-order valence-electron chi connectivity index (χ4n) is 1.73. The van der Waals surface area contributed by atoms with E-state index < -0.39 is 0 Å². The Bertz CT molecular complexity index is 410. The lowest BCUT2D eigenvalue weighted by atomic mass is 10.1. The smallest absolute Gasteiger partial charge is 0.220 e. The van der Waals surface area contributed by atoms with Gasteiger partial charge in [-0.2, -0.15) is 0 Å². The molecule has 0 aliphatic carbocycles. The number of carbonyl (C=O) groups excluding carboxylic acids is 1. The van der Waals surface area contributed by atoms with Crippen LogP contribution in [0.2, 0.25) is 0 Å². The number of hydrogen-bond acceptors (Lipinski definition) is 3. The monoisotopic (exact) mass is 328 g/mol. The molecule has 0 heterocycles. The molecule has 0 fully saturated rings. The maximum Gasteiger partial charge on any atom is 0.220 e. The first kappa shape index (κ1) is 16.0. The van der Waals surface area contributed by atoms with E-state index in [1.807, 2.05) is 25.2 Å². The number of hydrogen-bond donors (Lipinski definition) is 2. The molecule has 1 amide bonds. The molecule has 4 nitrogen and oxygen atoms in total. The normalized spacial score (nSPS) is 10.3. The molecule has 0 saturated heterocycles. The topological polar surface area (TPSA) is 50.4 Å². The average molecular weight is 329 g/mol. The summed E-state index contributed by atoms with van der Waals surface area (Å²) in [6.07, 6.45) is 2.27. The van der Waals surface area contributed by atoms with Crippen molar-refractivity contribution in [2.75, 3.05) is 27.2 Å². The Kier molecular flexibility index (Phi) is 7.52. The second-order valence-corrected chi connectivity index (χ2v) is 5.13.